The number of hydrogen-bond acceptors (Lipinski definition) is 18. The molecule has 0 radical (unpaired) electrons. The van der Waals surface area contributed by atoms with Crippen LogP contribution in [0.1, 0.15) is 91.4 Å². The maximum absolute atomic E-state index is 11.2. The minimum Gasteiger partial charge on any atom is -0.394 e. The van der Waals surface area contributed by atoms with E-state index < -0.39 is 112 Å². The highest BCUT2D eigenvalue weighted by Crippen LogP contribution is 2.69. The maximum Gasteiger partial charge on any atom is 0.187 e. The highest BCUT2D eigenvalue weighted by Gasteiger charge is 2.64. The zero-order chi connectivity index (χ0) is 44.4. The SMILES string of the molecule is C[C@@H](CCC1CC2C(CC3C4CCC5CC(O[C@@H]6OC(CO)[C@H](O)C(O)C6O[C@@H]6OC(CO)[C@@H](O)C(O)C6O)CCC5(C)C4CCC23C)O1)CO[C@@H]1OC(CO)[C@@H](O)C(O)C1O. The van der Waals surface area contributed by atoms with E-state index >= 15 is 0 Å². The van der Waals surface area contributed by atoms with Crippen LogP contribution in [-0.4, -0.2) is 193 Å². The lowest BCUT2D eigenvalue weighted by molar-refractivity contribution is -0.373. The Kier molecular flexibility index (Phi) is 14.7. The molecule has 11 N–H and O–H groups in total. The van der Waals surface area contributed by atoms with Crippen LogP contribution in [0.5, 0.6) is 0 Å². The van der Waals surface area contributed by atoms with E-state index in [1.165, 1.54) is 6.42 Å². The van der Waals surface area contributed by atoms with Crippen LogP contribution in [0.15, 0.2) is 0 Å². The second-order valence-corrected chi connectivity index (χ2v) is 20.8. The predicted octanol–water partition coefficient (Wildman–Crippen LogP) is -1.35. The van der Waals surface area contributed by atoms with Gasteiger partial charge in [-0.3, -0.25) is 0 Å². The van der Waals surface area contributed by atoms with Gasteiger partial charge in [-0.05, 0) is 117 Å². The summed E-state index contributed by atoms with van der Waals surface area (Å²) < 4.78 is 42.2. The third-order valence-electron chi connectivity index (χ3n) is 17.4. The molecule has 0 aromatic carbocycles. The van der Waals surface area contributed by atoms with Crippen LogP contribution < -0.4 is 0 Å². The van der Waals surface area contributed by atoms with Crippen molar-refractivity contribution in [2.45, 2.75) is 202 Å². The van der Waals surface area contributed by atoms with E-state index in [4.69, 9.17) is 33.2 Å². The molecule has 18 nitrogen and oxygen atoms in total. The number of aliphatic hydroxyl groups is 11. The van der Waals surface area contributed by atoms with Crippen LogP contribution in [0.2, 0.25) is 0 Å². The first-order valence-electron chi connectivity index (χ1n) is 23.3. The first-order valence-corrected chi connectivity index (χ1v) is 23.3. The van der Waals surface area contributed by atoms with Gasteiger partial charge in [-0.15, -0.1) is 0 Å². The summed E-state index contributed by atoms with van der Waals surface area (Å²) in [5.41, 5.74) is 0.326. The molecule has 4 aliphatic carbocycles. The number of ether oxygens (including phenoxy) is 7. The zero-order valence-electron chi connectivity index (χ0n) is 36.2. The van der Waals surface area contributed by atoms with Crippen molar-refractivity contribution < 1.29 is 89.3 Å². The summed E-state index contributed by atoms with van der Waals surface area (Å²) in [5.74, 6) is 2.81. The second-order valence-electron chi connectivity index (χ2n) is 20.8. The van der Waals surface area contributed by atoms with Gasteiger partial charge in [-0.2, -0.15) is 0 Å². The Morgan fingerprint density at radius 2 is 1.16 bits per heavy atom. The molecule has 4 saturated carbocycles. The number of aliphatic hydroxyl groups excluding tert-OH is 11. The summed E-state index contributed by atoms with van der Waals surface area (Å²) in [7, 11) is 0. The fourth-order valence-electron chi connectivity index (χ4n) is 13.6. The molecule has 4 aliphatic heterocycles. The van der Waals surface area contributed by atoms with E-state index in [9.17, 15) is 56.2 Å². The van der Waals surface area contributed by atoms with Crippen LogP contribution in [-0.2, 0) is 33.2 Å². The molecule has 8 fully saturated rings. The van der Waals surface area contributed by atoms with Gasteiger partial charge in [0.25, 0.3) is 0 Å². The van der Waals surface area contributed by atoms with Crippen molar-refractivity contribution in [2.75, 3.05) is 26.4 Å². The Morgan fingerprint density at radius 1 is 0.565 bits per heavy atom. The van der Waals surface area contributed by atoms with Gasteiger partial charge >= 0.3 is 0 Å². The van der Waals surface area contributed by atoms with E-state index in [-0.39, 0.29) is 35.1 Å². The Hall–Kier alpha value is -0.720. The summed E-state index contributed by atoms with van der Waals surface area (Å²) in [5, 5.41) is 113. The molecule has 0 spiro atoms. The molecular weight excluding hydrogens is 816 g/mol. The van der Waals surface area contributed by atoms with Gasteiger partial charge in [0, 0.05) is 0 Å². The molecule has 26 atom stereocenters. The molecule has 0 amide bonds. The molecule has 0 bridgehead atoms. The van der Waals surface area contributed by atoms with E-state index in [0.717, 1.165) is 64.2 Å². The molecule has 0 aromatic rings. The summed E-state index contributed by atoms with van der Waals surface area (Å²) >= 11 is 0. The molecule has 18 heteroatoms. The fraction of sp³-hybridized carbons (Fsp3) is 1.00. The molecule has 19 unspecified atom stereocenters. The third-order valence-corrected chi connectivity index (χ3v) is 17.4. The summed E-state index contributed by atoms with van der Waals surface area (Å²) in [6.07, 6.45) is -10.3. The van der Waals surface area contributed by atoms with E-state index in [1.807, 2.05) is 0 Å². The monoisotopic (exact) mass is 890 g/mol. The summed E-state index contributed by atoms with van der Waals surface area (Å²) in [6.45, 7) is 5.59. The van der Waals surface area contributed by atoms with Crippen LogP contribution in [0.4, 0.5) is 0 Å². The lowest BCUT2D eigenvalue weighted by atomic mass is 9.44. The first kappa shape index (κ1) is 47.8. The van der Waals surface area contributed by atoms with Gasteiger partial charge in [-0.1, -0.05) is 20.8 Å². The van der Waals surface area contributed by atoms with Crippen molar-refractivity contribution in [3.05, 3.63) is 0 Å². The normalized spacial score (nSPS) is 54.6. The van der Waals surface area contributed by atoms with Crippen molar-refractivity contribution in [1.82, 2.24) is 0 Å². The molecule has 4 saturated heterocycles. The highest BCUT2D eigenvalue weighted by molar-refractivity contribution is 5.13. The van der Waals surface area contributed by atoms with Crippen LogP contribution >= 0.6 is 0 Å². The average Bonchev–Trinajstić information content (AvgIpc) is 3.80. The number of hydrogen-bond donors (Lipinski definition) is 11. The van der Waals surface area contributed by atoms with Gasteiger partial charge in [0.15, 0.2) is 18.9 Å². The Labute approximate surface area is 363 Å². The molecular formula is C44H74O18. The molecule has 8 aliphatic rings. The average molecular weight is 891 g/mol. The van der Waals surface area contributed by atoms with Crippen molar-refractivity contribution >= 4 is 0 Å². The topological polar surface area (TPSA) is 287 Å². The number of rotatable bonds is 13. The predicted molar refractivity (Wildman–Crippen MR) is 213 cm³/mol. The fourth-order valence-corrected chi connectivity index (χ4v) is 13.6. The lowest BCUT2D eigenvalue weighted by Crippen LogP contribution is -2.65. The lowest BCUT2D eigenvalue weighted by Gasteiger charge is -2.61. The second kappa shape index (κ2) is 19.1. The number of fused-ring (bicyclic) bond motifs is 7. The Morgan fingerprint density at radius 3 is 1.82 bits per heavy atom. The zero-order valence-corrected chi connectivity index (χ0v) is 36.2. The highest BCUT2D eigenvalue weighted by atomic mass is 16.8. The van der Waals surface area contributed by atoms with Gasteiger partial charge < -0.3 is 89.3 Å². The molecule has 358 valence electrons. The van der Waals surface area contributed by atoms with E-state index in [1.54, 1.807) is 0 Å². The first-order chi connectivity index (χ1) is 29.5. The molecule has 62 heavy (non-hydrogen) atoms. The standard InChI is InChI=1S/C44H74O18/c1-19(18-56-40-37(54)34(51)31(48)28(15-45)59-40)4-6-21-13-26-27(57-21)14-25-23-7-5-20-12-22(8-10-43(20,2)24(23)9-11-44(25,26)3)58-42-39(36(53)33(50)30(17-47)61-42)62-41-38(55)35(52)32(49)29(16-46)60-41/h19-42,45-55H,4-18H2,1-3H3/t19-,20?,21?,22?,23?,24?,25?,26?,27?,28?,29?,30?,31+,32+,33-,34?,35?,36?,37?,38?,39?,40+,41-,42+,43?,44?/m0/s1. The minimum absolute atomic E-state index is 0.113. The molecule has 8 rings (SSSR count). The van der Waals surface area contributed by atoms with Crippen LogP contribution in [0.3, 0.4) is 0 Å². The van der Waals surface area contributed by atoms with E-state index in [2.05, 4.69) is 20.8 Å². The molecule has 4 heterocycles. The van der Waals surface area contributed by atoms with Crippen molar-refractivity contribution in [3.8, 4) is 0 Å². The Balaban J connectivity index is 0.843. The van der Waals surface area contributed by atoms with Crippen molar-refractivity contribution in [3.63, 3.8) is 0 Å². The minimum atomic E-state index is -1.73. The van der Waals surface area contributed by atoms with Crippen LogP contribution in [0.25, 0.3) is 0 Å². The van der Waals surface area contributed by atoms with E-state index in [0.29, 0.717) is 36.2 Å². The third kappa shape index (κ3) is 8.68. The van der Waals surface area contributed by atoms with Gasteiger partial charge in [0.05, 0.1) is 44.7 Å². The largest absolute Gasteiger partial charge is 0.394 e. The van der Waals surface area contributed by atoms with Crippen molar-refractivity contribution in [1.29, 1.82) is 0 Å². The summed E-state index contributed by atoms with van der Waals surface area (Å²) in [6, 6.07) is 0. The quantitative estimate of drug-likeness (QED) is 0.0954. The Bertz CT molecular complexity index is 1480. The van der Waals surface area contributed by atoms with Gasteiger partial charge in [0.1, 0.15) is 73.2 Å². The smallest absolute Gasteiger partial charge is 0.187 e. The summed E-state index contributed by atoms with van der Waals surface area (Å²) in [4.78, 5) is 0. The van der Waals surface area contributed by atoms with Gasteiger partial charge in [0.2, 0.25) is 0 Å². The maximum atomic E-state index is 11.2. The molecule has 0 aromatic heterocycles. The van der Waals surface area contributed by atoms with Gasteiger partial charge in [-0.25, -0.2) is 0 Å². The van der Waals surface area contributed by atoms with Crippen molar-refractivity contribution in [2.24, 2.45) is 46.3 Å². The van der Waals surface area contributed by atoms with Crippen LogP contribution in [0, 0.1) is 46.3 Å².